The Morgan fingerprint density at radius 2 is 2.05 bits per heavy atom. The maximum atomic E-state index is 12.1. The number of anilines is 1. The number of amides is 1. The van der Waals surface area contributed by atoms with Crippen molar-refractivity contribution in [2.75, 3.05) is 19.0 Å². The third kappa shape index (κ3) is 4.32. The SMILES string of the molecule is COCC(Br)C(=O)Nc1c(C)cccc1C(C)(C)C. The van der Waals surface area contributed by atoms with Gasteiger partial charge in [0.1, 0.15) is 4.83 Å². The second-order valence-corrected chi connectivity index (χ2v) is 6.76. The molecule has 0 saturated carbocycles. The van der Waals surface area contributed by atoms with Gasteiger partial charge >= 0.3 is 0 Å². The van der Waals surface area contributed by atoms with Gasteiger partial charge in [0.2, 0.25) is 5.91 Å². The first kappa shape index (κ1) is 16.2. The number of alkyl halides is 1. The Hall–Kier alpha value is -0.870. The molecule has 1 atom stereocenters. The largest absolute Gasteiger partial charge is 0.383 e. The second kappa shape index (κ2) is 6.53. The molecule has 3 nitrogen and oxygen atoms in total. The minimum Gasteiger partial charge on any atom is -0.383 e. The molecule has 0 heterocycles. The van der Waals surface area contributed by atoms with Gasteiger partial charge in [-0.1, -0.05) is 54.9 Å². The van der Waals surface area contributed by atoms with Gasteiger partial charge in [0.25, 0.3) is 0 Å². The predicted octanol–water partition coefficient (Wildman–Crippen LogP) is 3.64. The molecular formula is C15H22BrNO2. The number of ether oxygens (including phenoxy) is 1. The van der Waals surface area contributed by atoms with Gasteiger partial charge in [-0.2, -0.15) is 0 Å². The summed E-state index contributed by atoms with van der Waals surface area (Å²) in [6.07, 6.45) is 0. The average Bonchev–Trinajstić information content (AvgIpc) is 2.30. The van der Waals surface area contributed by atoms with Gasteiger partial charge in [-0.3, -0.25) is 4.79 Å². The lowest BCUT2D eigenvalue weighted by atomic mass is 9.84. The Morgan fingerprint density at radius 1 is 1.42 bits per heavy atom. The summed E-state index contributed by atoms with van der Waals surface area (Å²) in [5.41, 5.74) is 3.09. The number of rotatable bonds is 4. The maximum Gasteiger partial charge on any atom is 0.240 e. The van der Waals surface area contributed by atoms with E-state index in [1.165, 1.54) is 0 Å². The van der Waals surface area contributed by atoms with E-state index in [2.05, 4.69) is 48.1 Å². The summed E-state index contributed by atoms with van der Waals surface area (Å²) in [5, 5.41) is 3.00. The normalized spacial score (nSPS) is 13.2. The molecule has 106 valence electrons. The van der Waals surface area contributed by atoms with Crippen molar-refractivity contribution in [2.24, 2.45) is 0 Å². The zero-order valence-corrected chi connectivity index (χ0v) is 13.8. The van der Waals surface area contributed by atoms with Crippen LogP contribution in [0.4, 0.5) is 5.69 Å². The molecule has 1 rings (SSSR count). The van der Waals surface area contributed by atoms with Gasteiger partial charge in [0.15, 0.2) is 0 Å². The number of methoxy groups -OCH3 is 1. The van der Waals surface area contributed by atoms with Crippen LogP contribution in [-0.4, -0.2) is 24.5 Å². The van der Waals surface area contributed by atoms with Crippen molar-refractivity contribution in [3.8, 4) is 0 Å². The molecule has 1 unspecified atom stereocenters. The summed E-state index contributed by atoms with van der Waals surface area (Å²) in [6.45, 7) is 8.77. The molecule has 0 aliphatic rings. The van der Waals surface area contributed by atoms with Crippen LogP contribution in [0, 0.1) is 6.92 Å². The monoisotopic (exact) mass is 327 g/mol. The smallest absolute Gasteiger partial charge is 0.240 e. The fraction of sp³-hybridized carbons (Fsp3) is 0.533. The first-order chi connectivity index (χ1) is 8.77. The summed E-state index contributed by atoms with van der Waals surface area (Å²) in [5.74, 6) is -0.0818. The van der Waals surface area contributed by atoms with E-state index < -0.39 is 0 Å². The van der Waals surface area contributed by atoms with Gasteiger partial charge in [-0.25, -0.2) is 0 Å². The van der Waals surface area contributed by atoms with E-state index in [0.717, 1.165) is 16.8 Å². The summed E-state index contributed by atoms with van der Waals surface area (Å²) in [4.78, 5) is 11.8. The number of hydrogen-bond acceptors (Lipinski definition) is 2. The minimum absolute atomic E-state index is 0.0162. The highest BCUT2D eigenvalue weighted by atomic mass is 79.9. The number of benzene rings is 1. The topological polar surface area (TPSA) is 38.3 Å². The summed E-state index contributed by atoms with van der Waals surface area (Å²) in [7, 11) is 1.58. The highest BCUT2D eigenvalue weighted by molar-refractivity contribution is 9.10. The van der Waals surface area contributed by atoms with Crippen LogP contribution in [0.15, 0.2) is 18.2 Å². The minimum atomic E-state index is -0.343. The number of nitrogens with one attached hydrogen (secondary N) is 1. The van der Waals surface area contributed by atoms with Gasteiger partial charge in [-0.05, 0) is 23.5 Å². The van der Waals surface area contributed by atoms with E-state index >= 15 is 0 Å². The van der Waals surface area contributed by atoms with E-state index in [1.807, 2.05) is 19.1 Å². The van der Waals surface area contributed by atoms with E-state index in [4.69, 9.17) is 4.74 Å². The number of para-hydroxylation sites is 1. The molecule has 0 aliphatic carbocycles. The Kier molecular flexibility index (Phi) is 5.56. The van der Waals surface area contributed by atoms with Crippen molar-refractivity contribution in [3.63, 3.8) is 0 Å². The fourth-order valence-corrected chi connectivity index (χ4v) is 2.26. The van der Waals surface area contributed by atoms with Crippen molar-refractivity contribution in [3.05, 3.63) is 29.3 Å². The van der Waals surface area contributed by atoms with Crippen LogP contribution in [0.5, 0.6) is 0 Å². The molecule has 4 heteroatoms. The lowest BCUT2D eigenvalue weighted by molar-refractivity contribution is -0.116. The van der Waals surface area contributed by atoms with Crippen LogP contribution < -0.4 is 5.32 Å². The van der Waals surface area contributed by atoms with Crippen LogP contribution in [0.1, 0.15) is 31.9 Å². The molecule has 1 aromatic rings. The van der Waals surface area contributed by atoms with Crippen LogP contribution >= 0.6 is 15.9 Å². The van der Waals surface area contributed by atoms with Crippen molar-refractivity contribution >= 4 is 27.5 Å². The van der Waals surface area contributed by atoms with Gasteiger partial charge in [-0.15, -0.1) is 0 Å². The number of hydrogen-bond donors (Lipinski definition) is 1. The number of halogens is 1. The molecule has 1 N–H and O–H groups in total. The molecule has 1 aromatic carbocycles. The van der Waals surface area contributed by atoms with E-state index in [-0.39, 0.29) is 16.1 Å². The number of carbonyl (C=O) groups is 1. The van der Waals surface area contributed by atoms with E-state index in [0.29, 0.717) is 6.61 Å². The fourth-order valence-electron chi connectivity index (χ4n) is 1.88. The van der Waals surface area contributed by atoms with E-state index in [1.54, 1.807) is 7.11 Å². The van der Waals surface area contributed by atoms with Gasteiger partial charge in [0, 0.05) is 12.8 Å². The summed E-state index contributed by atoms with van der Waals surface area (Å²) >= 11 is 3.32. The molecule has 0 fully saturated rings. The zero-order chi connectivity index (χ0) is 14.6. The molecule has 0 saturated heterocycles. The molecule has 0 aliphatic heterocycles. The third-order valence-electron chi connectivity index (χ3n) is 2.93. The van der Waals surface area contributed by atoms with Gasteiger partial charge in [0.05, 0.1) is 6.61 Å². The van der Waals surface area contributed by atoms with E-state index in [9.17, 15) is 4.79 Å². The first-order valence-corrected chi connectivity index (χ1v) is 7.23. The lowest BCUT2D eigenvalue weighted by Gasteiger charge is -2.25. The molecule has 19 heavy (non-hydrogen) atoms. The van der Waals surface area contributed by atoms with Gasteiger partial charge < -0.3 is 10.1 Å². The quantitative estimate of drug-likeness (QED) is 0.857. The highest BCUT2D eigenvalue weighted by Crippen LogP contribution is 2.32. The standard InChI is InChI=1S/C15H22BrNO2/c1-10-7-6-8-11(15(2,3)4)13(10)17-14(18)12(16)9-19-5/h6-8,12H,9H2,1-5H3,(H,17,18). The zero-order valence-electron chi connectivity index (χ0n) is 12.2. The number of carbonyl (C=O) groups excluding carboxylic acids is 1. The molecule has 0 aromatic heterocycles. The van der Waals surface area contributed by atoms with Crippen LogP contribution in [0.2, 0.25) is 0 Å². The third-order valence-corrected chi connectivity index (χ3v) is 3.61. The summed E-state index contributed by atoms with van der Waals surface area (Å²) < 4.78 is 4.98. The van der Waals surface area contributed by atoms with Crippen LogP contribution in [0.3, 0.4) is 0 Å². The Bertz CT molecular complexity index is 452. The Labute approximate surface area is 123 Å². The molecule has 0 spiro atoms. The summed E-state index contributed by atoms with van der Waals surface area (Å²) in [6, 6.07) is 6.08. The first-order valence-electron chi connectivity index (χ1n) is 6.31. The molecular weight excluding hydrogens is 306 g/mol. The second-order valence-electron chi connectivity index (χ2n) is 5.66. The van der Waals surface area contributed by atoms with Crippen LogP contribution in [0.25, 0.3) is 0 Å². The Balaban J connectivity index is 3.04. The molecule has 0 radical (unpaired) electrons. The molecule has 1 amide bonds. The maximum absolute atomic E-state index is 12.1. The number of aryl methyl sites for hydroxylation is 1. The predicted molar refractivity (Wildman–Crippen MR) is 83.1 cm³/mol. The van der Waals surface area contributed by atoms with Crippen molar-refractivity contribution in [2.45, 2.75) is 37.9 Å². The lowest BCUT2D eigenvalue weighted by Crippen LogP contribution is -2.28. The highest BCUT2D eigenvalue weighted by Gasteiger charge is 2.22. The molecule has 0 bridgehead atoms. The van der Waals surface area contributed by atoms with Crippen molar-refractivity contribution < 1.29 is 9.53 Å². The Morgan fingerprint density at radius 3 is 2.58 bits per heavy atom. The van der Waals surface area contributed by atoms with Crippen LogP contribution in [-0.2, 0) is 14.9 Å². The van der Waals surface area contributed by atoms with Crippen molar-refractivity contribution in [1.82, 2.24) is 0 Å². The average molecular weight is 328 g/mol. The van der Waals surface area contributed by atoms with Crippen molar-refractivity contribution in [1.29, 1.82) is 0 Å².